The summed E-state index contributed by atoms with van der Waals surface area (Å²) in [5.41, 5.74) is 0. The molecule has 1 N–H and O–H groups in total. The highest BCUT2D eigenvalue weighted by Gasteiger charge is 2.35. The molecule has 6 nitrogen and oxygen atoms in total. The lowest BCUT2D eigenvalue weighted by Crippen LogP contribution is -2.56. The highest BCUT2D eigenvalue weighted by molar-refractivity contribution is 5.81. The number of rotatable bonds is 1. The molecule has 22 heavy (non-hydrogen) atoms. The van der Waals surface area contributed by atoms with Crippen molar-refractivity contribution in [3.05, 3.63) is 0 Å². The minimum atomic E-state index is -0.0131. The summed E-state index contributed by atoms with van der Waals surface area (Å²) in [5.74, 6) is 0.230. The Labute approximate surface area is 132 Å². The summed E-state index contributed by atoms with van der Waals surface area (Å²) in [7, 11) is 0. The number of amides is 3. The van der Waals surface area contributed by atoms with Gasteiger partial charge < -0.3 is 20.0 Å². The molecule has 0 bridgehead atoms. The smallest absolute Gasteiger partial charge is 0.320 e. The van der Waals surface area contributed by atoms with E-state index in [1.165, 1.54) is 0 Å². The zero-order valence-electron chi connectivity index (χ0n) is 13.6. The molecule has 3 amide bonds. The molecule has 3 saturated heterocycles. The first-order valence-electron chi connectivity index (χ1n) is 8.72. The van der Waals surface area contributed by atoms with Gasteiger partial charge in [-0.2, -0.15) is 0 Å². The molecule has 124 valence electrons. The van der Waals surface area contributed by atoms with E-state index in [9.17, 15) is 9.59 Å². The molecule has 0 radical (unpaired) electrons. The zero-order valence-corrected chi connectivity index (χ0v) is 13.6. The van der Waals surface area contributed by atoms with Gasteiger partial charge in [-0.1, -0.05) is 0 Å². The number of nitrogens with zero attached hydrogens (tertiary/aromatic N) is 3. The molecule has 3 heterocycles. The Morgan fingerprint density at radius 2 is 1.73 bits per heavy atom. The van der Waals surface area contributed by atoms with Crippen LogP contribution in [0.15, 0.2) is 0 Å². The first kappa shape index (κ1) is 15.6. The Hall–Kier alpha value is -1.30. The second kappa shape index (κ2) is 6.86. The number of hydrogen-bond acceptors (Lipinski definition) is 3. The standard InChI is InChI=1S/C16H28N4O2/c1-13-11-17-6-10-20(13)15(21)14-5-4-9-19(12-14)16(22)18-7-2-3-8-18/h13-14,17H,2-12H2,1H3. The summed E-state index contributed by atoms with van der Waals surface area (Å²) in [5, 5.41) is 3.32. The van der Waals surface area contributed by atoms with E-state index in [2.05, 4.69) is 12.2 Å². The van der Waals surface area contributed by atoms with Gasteiger partial charge in [0.1, 0.15) is 0 Å². The first-order chi connectivity index (χ1) is 10.7. The summed E-state index contributed by atoms with van der Waals surface area (Å²) < 4.78 is 0. The Morgan fingerprint density at radius 3 is 2.45 bits per heavy atom. The van der Waals surface area contributed by atoms with Crippen LogP contribution in [0.1, 0.15) is 32.6 Å². The quantitative estimate of drug-likeness (QED) is 0.777. The minimum Gasteiger partial charge on any atom is -0.337 e. The highest BCUT2D eigenvalue weighted by atomic mass is 16.2. The van der Waals surface area contributed by atoms with Crippen molar-refractivity contribution < 1.29 is 9.59 Å². The third-order valence-corrected chi connectivity index (χ3v) is 5.20. The molecule has 0 aliphatic carbocycles. The molecule has 2 unspecified atom stereocenters. The van der Waals surface area contributed by atoms with Crippen molar-refractivity contribution in [2.45, 2.75) is 38.6 Å². The molecule has 2 atom stereocenters. The Bertz CT molecular complexity index is 422. The van der Waals surface area contributed by atoms with Crippen molar-refractivity contribution in [1.29, 1.82) is 0 Å². The van der Waals surface area contributed by atoms with E-state index in [4.69, 9.17) is 0 Å². The van der Waals surface area contributed by atoms with Gasteiger partial charge in [0.2, 0.25) is 5.91 Å². The van der Waals surface area contributed by atoms with Gasteiger partial charge in [0.05, 0.1) is 5.92 Å². The third kappa shape index (κ3) is 3.21. The average molecular weight is 308 g/mol. The molecular formula is C16H28N4O2. The molecule has 3 fully saturated rings. The van der Waals surface area contributed by atoms with Crippen LogP contribution in [0.25, 0.3) is 0 Å². The van der Waals surface area contributed by atoms with Crippen LogP contribution < -0.4 is 5.32 Å². The summed E-state index contributed by atoms with van der Waals surface area (Å²) in [6.45, 7) is 7.79. The lowest BCUT2D eigenvalue weighted by atomic mass is 9.95. The van der Waals surface area contributed by atoms with E-state index in [0.717, 1.165) is 65.0 Å². The van der Waals surface area contributed by atoms with Gasteiger partial charge in [-0.3, -0.25) is 4.79 Å². The van der Waals surface area contributed by atoms with Gasteiger partial charge in [0.15, 0.2) is 0 Å². The largest absolute Gasteiger partial charge is 0.337 e. The second-order valence-corrected chi connectivity index (χ2v) is 6.85. The van der Waals surface area contributed by atoms with E-state index in [0.29, 0.717) is 6.54 Å². The molecule has 0 aromatic carbocycles. The number of piperidine rings is 1. The van der Waals surface area contributed by atoms with Crippen molar-refractivity contribution in [1.82, 2.24) is 20.0 Å². The van der Waals surface area contributed by atoms with Crippen LogP contribution >= 0.6 is 0 Å². The maximum atomic E-state index is 12.8. The van der Waals surface area contributed by atoms with Crippen molar-refractivity contribution in [3.8, 4) is 0 Å². The summed E-state index contributed by atoms with van der Waals surface area (Å²) in [6.07, 6.45) is 4.08. The van der Waals surface area contributed by atoms with Crippen molar-refractivity contribution >= 4 is 11.9 Å². The number of urea groups is 1. The van der Waals surface area contributed by atoms with Crippen molar-refractivity contribution in [2.24, 2.45) is 5.92 Å². The van der Waals surface area contributed by atoms with Crippen LogP contribution in [-0.2, 0) is 4.79 Å². The molecule has 0 spiro atoms. The van der Waals surface area contributed by atoms with E-state index in [-0.39, 0.29) is 23.9 Å². The molecule has 0 saturated carbocycles. The number of piperazine rings is 1. The molecule has 6 heteroatoms. The van der Waals surface area contributed by atoms with Crippen LogP contribution in [-0.4, -0.2) is 78.5 Å². The van der Waals surface area contributed by atoms with Crippen molar-refractivity contribution in [2.75, 3.05) is 45.8 Å². The average Bonchev–Trinajstić information content (AvgIpc) is 3.08. The van der Waals surface area contributed by atoms with E-state index in [1.807, 2.05) is 14.7 Å². The fourth-order valence-electron chi connectivity index (χ4n) is 3.86. The van der Waals surface area contributed by atoms with Gasteiger partial charge in [-0.05, 0) is 32.6 Å². The second-order valence-electron chi connectivity index (χ2n) is 6.85. The third-order valence-electron chi connectivity index (χ3n) is 5.20. The topological polar surface area (TPSA) is 55.9 Å². The van der Waals surface area contributed by atoms with Crippen LogP contribution in [0.2, 0.25) is 0 Å². The summed E-state index contributed by atoms with van der Waals surface area (Å²) >= 11 is 0. The molecule has 0 aromatic heterocycles. The minimum absolute atomic E-state index is 0.0131. The van der Waals surface area contributed by atoms with Gasteiger partial charge in [-0.15, -0.1) is 0 Å². The first-order valence-corrected chi connectivity index (χ1v) is 8.72. The van der Waals surface area contributed by atoms with E-state index >= 15 is 0 Å². The van der Waals surface area contributed by atoms with Crippen LogP contribution in [0.5, 0.6) is 0 Å². The predicted octanol–water partition coefficient (Wildman–Crippen LogP) is 0.735. The number of hydrogen-bond donors (Lipinski definition) is 1. The normalized spacial score (nSPS) is 29.8. The SMILES string of the molecule is CC1CNCCN1C(=O)C1CCCN(C(=O)N2CCCC2)C1. The molecule has 3 rings (SSSR count). The van der Waals surface area contributed by atoms with Crippen LogP contribution in [0, 0.1) is 5.92 Å². The van der Waals surface area contributed by atoms with Gasteiger partial charge in [0, 0.05) is 51.9 Å². The Morgan fingerprint density at radius 1 is 1.00 bits per heavy atom. The van der Waals surface area contributed by atoms with Crippen LogP contribution in [0.3, 0.4) is 0 Å². The van der Waals surface area contributed by atoms with Gasteiger partial charge in [0.25, 0.3) is 0 Å². The lowest BCUT2D eigenvalue weighted by molar-refractivity contribution is -0.139. The van der Waals surface area contributed by atoms with Crippen LogP contribution in [0.4, 0.5) is 4.79 Å². The lowest BCUT2D eigenvalue weighted by Gasteiger charge is -2.40. The highest BCUT2D eigenvalue weighted by Crippen LogP contribution is 2.22. The molecule has 3 aliphatic heterocycles. The monoisotopic (exact) mass is 308 g/mol. The van der Waals surface area contributed by atoms with E-state index < -0.39 is 0 Å². The molecular weight excluding hydrogens is 280 g/mol. The van der Waals surface area contributed by atoms with Gasteiger partial charge >= 0.3 is 6.03 Å². The summed E-state index contributed by atoms with van der Waals surface area (Å²) in [4.78, 5) is 31.2. The number of carbonyl (C=O) groups excluding carboxylic acids is 2. The number of carbonyl (C=O) groups is 2. The maximum absolute atomic E-state index is 12.8. The number of likely N-dealkylation sites (tertiary alicyclic amines) is 2. The molecule has 0 aromatic rings. The van der Waals surface area contributed by atoms with Crippen molar-refractivity contribution in [3.63, 3.8) is 0 Å². The predicted molar refractivity (Wildman–Crippen MR) is 84.5 cm³/mol. The Balaban J connectivity index is 1.59. The Kier molecular flexibility index (Phi) is 4.86. The summed E-state index contributed by atoms with van der Waals surface area (Å²) in [6, 6.07) is 0.397. The molecule has 3 aliphatic rings. The fourth-order valence-corrected chi connectivity index (χ4v) is 3.86. The van der Waals surface area contributed by atoms with Gasteiger partial charge in [-0.25, -0.2) is 4.79 Å². The number of nitrogens with one attached hydrogen (secondary N) is 1. The zero-order chi connectivity index (χ0) is 15.5. The fraction of sp³-hybridized carbons (Fsp3) is 0.875. The maximum Gasteiger partial charge on any atom is 0.320 e. The van der Waals surface area contributed by atoms with E-state index in [1.54, 1.807) is 0 Å².